The standard InChI is InChI=1S/C18H23NO3/c1-21-15-11-7-8-13-12-16(22-17(13)15)18(20)19-14-9-5-3-2-4-6-10-14/h7-8,11-12,14H,2-6,9-10H2,1H3,(H,19,20). The van der Waals surface area contributed by atoms with Gasteiger partial charge in [0.15, 0.2) is 17.1 Å². The summed E-state index contributed by atoms with van der Waals surface area (Å²) >= 11 is 0. The van der Waals surface area contributed by atoms with E-state index in [0.717, 1.165) is 18.2 Å². The highest BCUT2D eigenvalue weighted by Crippen LogP contribution is 2.28. The van der Waals surface area contributed by atoms with Gasteiger partial charge in [0.1, 0.15) is 0 Å². The molecule has 0 unspecified atom stereocenters. The van der Waals surface area contributed by atoms with Gasteiger partial charge in [0.05, 0.1) is 7.11 Å². The summed E-state index contributed by atoms with van der Waals surface area (Å²) < 4.78 is 11.0. The molecule has 0 aliphatic heterocycles. The highest BCUT2D eigenvalue weighted by atomic mass is 16.5. The second-order valence-corrected chi connectivity index (χ2v) is 6.00. The van der Waals surface area contributed by atoms with Crippen LogP contribution in [0.2, 0.25) is 0 Å². The highest BCUT2D eigenvalue weighted by molar-refractivity contribution is 5.97. The zero-order valence-corrected chi connectivity index (χ0v) is 13.1. The molecule has 2 aromatic rings. The summed E-state index contributed by atoms with van der Waals surface area (Å²) in [5.74, 6) is 0.896. The number of methoxy groups -OCH3 is 1. The Hall–Kier alpha value is -1.97. The van der Waals surface area contributed by atoms with E-state index in [1.807, 2.05) is 18.2 Å². The van der Waals surface area contributed by atoms with Gasteiger partial charge in [-0.05, 0) is 25.0 Å². The molecule has 1 fully saturated rings. The van der Waals surface area contributed by atoms with E-state index in [-0.39, 0.29) is 11.9 Å². The molecule has 1 N–H and O–H groups in total. The summed E-state index contributed by atoms with van der Waals surface area (Å²) in [5, 5.41) is 4.02. The summed E-state index contributed by atoms with van der Waals surface area (Å²) in [6, 6.07) is 7.71. The number of benzene rings is 1. The lowest BCUT2D eigenvalue weighted by Gasteiger charge is -2.20. The van der Waals surface area contributed by atoms with Gasteiger partial charge in [-0.1, -0.05) is 44.2 Å². The minimum absolute atomic E-state index is 0.121. The Morgan fingerprint density at radius 3 is 2.64 bits per heavy atom. The minimum atomic E-state index is -0.121. The maximum Gasteiger partial charge on any atom is 0.287 e. The van der Waals surface area contributed by atoms with E-state index in [2.05, 4.69) is 5.32 Å². The van der Waals surface area contributed by atoms with Gasteiger partial charge in [-0.25, -0.2) is 0 Å². The number of para-hydroxylation sites is 1. The van der Waals surface area contributed by atoms with Crippen molar-refractivity contribution in [1.29, 1.82) is 0 Å². The average Bonchev–Trinajstić information content (AvgIpc) is 2.93. The molecule has 1 aliphatic carbocycles. The summed E-state index contributed by atoms with van der Waals surface area (Å²) in [6.45, 7) is 0. The molecule has 1 saturated carbocycles. The first-order valence-corrected chi connectivity index (χ1v) is 8.15. The molecule has 1 amide bonds. The van der Waals surface area contributed by atoms with Gasteiger partial charge < -0.3 is 14.5 Å². The molecule has 0 spiro atoms. The second kappa shape index (κ2) is 6.86. The van der Waals surface area contributed by atoms with Crippen molar-refractivity contribution < 1.29 is 13.9 Å². The number of hydrogen-bond donors (Lipinski definition) is 1. The normalized spacial score (nSPS) is 17.0. The summed E-state index contributed by atoms with van der Waals surface area (Å²) in [4.78, 5) is 12.4. The molecule has 0 radical (unpaired) electrons. The Labute approximate surface area is 130 Å². The SMILES string of the molecule is COc1cccc2cc(C(=O)NC3CCCCCCC3)oc12. The van der Waals surface area contributed by atoms with Gasteiger partial charge in [-0.2, -0.15) is 0 Å². The van der Waals surface area contributed by atoms with Crippen LogP contribution in [0.3, 0.4) is 0 Å². The van der Waals surface area contributed by atoms with E-state index in [0.29, 0.717) is 17.1 Å². The lowest BCUT2D eigenvalue weighted by molar-refractivity contribution is 0.0904. The molecule has 118 valence electrons. The van der Waals surface area contributed by atoms with E-state index in [1.165, 1.54) is 32.1 Å². The molecule has 0 bridgehead atoms. The van der Waals surface area contributed by atoms with Gasteiger partial charge in [0.25, 0.3) is 5.91 Å². The van der Waals surface area contributed by atoms with E-state index in [9.17, 15) is 4.79 Å². The molecule has 0 saturated heterocycles. The van der Waals surface area contributed by atoms with E-state index in [1.54, 1.807) is 13.2 Å². The minimum Gasteiger partial charge on any atom is -0.493 e. The van der Waals surface area contributed by atoms with Crippen LogP contribution in [0.15, 0.2) is 28.7 Å². The maximum absolute atomic E-state index is 12.4. The zero-order valence-electron chi connectivity index (χ0n) is 13.1. The van der Waals surface area contributed by atoms with Crippen molar-refractivity contribution >= 4 is 16.9 Å². The number of rotatable bonds is 3. The number of carbonyl (C=O) groups excluding carboxylic acids is 1. The quantitative estimate of drug-likeness (QED) is 0.920. The second-order valence-electron chi connectivity index (χ2n) is 6.00. The molecule has 1 aromatic carbocycles. The van der Waals surface area contributed by atoms with Crippen LogP contribution in [-0.4, -0.2) is 19.1 Å². The number of carbonyl (C=O) groups is 1. The van der Waals surface area contributed by atoms with Gasteiger partial charge in [-0.3, -0.25) is 4.79 Å². The fourth-order valence-corrected chi connectivity index (χ4v) is 3.17. The zero-order chi connectivity index (χ0) is 15.4. The number of furan rings is 1. The average molecular weight is 301 g/mol. The number of hydrogen-bond acceptors (Lipinski definition) is 3. The lowest BCUT2D eigenvalue weighted by atomic mass is 9.97. The number of ether oxygens (including phenoxy) is 1. The largest absolute Gasteiger partial charge is 0.493 e. The van der Waals surface area contributed by atoms with Gasteiger partial charge in [0, 0.05) is 11.4 Å². The highest BCUT2D eigenvalue weighted by Gasteiger charge is 2.19. The first kappa shape index (κ1) is 14.9. The van der Waals surface area contributed by atoms with Crippen LogP contribution in [-0.2, 0) is 0 Å². The Morgan fingerprint density at radius 1 is 1.18 bits per heavy atom. The molecular formula is C18H23NO3. The fraction of sp³-hybridized carbons (Fsp3) is 0.500. The molecule has 22 heavy (non-hydrogen) atoms. The molecule has 1 aromatic heterocycles. The van der Waals surface area contributed by atoms with Gasteiger partial charge in [0.2, 0.25) is 0 Å². The van der Waals surface area contributed by atoms with Crippen molar-refractivity contribution in [3.63, 3.8) is 0 Å². The number of nitrogens with one attached hydrogen (secondary N) is 1. The predicted octanol–water partition coefficient (Wildman–Crippen LogP) is 4.28. The van der Waals surface area contributed by atoms with Crippen molar-refractivity contribution in [1.82, 2.24) is 5.32 Å². The molecule has 1 aliphatic rings. The van der Waals surface area contributed by atoms with Crippen molar-refractivity contribution in [3.8, 4) is 5.75 Å². The summed E-state index contributed by atoms with van der Waals surface area (Å²) in [6.07, 6.45) is 8.38. The topological polar surface area (TPSA) is 51.5 Å². The number of amides is 1. The Morgan fingerprint density at radius 2 is 1.91 bits per heavy atom. The third kappa shape index (κ3) is 3.26. The Kier molecular flexibility index (Phi) is 4.66. The van der Waals surface area contributed by atoms with Crippen molar-refractivity contribution in [2.75, 3.05) is 7.11 Å². The van der Waals surface area contributed by atoms with Crippen LogP contribution >= 0.6 is 0 Å². The van der Waals surface area contributed by atoms with Crippen LogP contribution in [0.1, 0.15) is 55.5 Å². The first-order valence-electron chi connectivity index (χ1n) is 8.15. The Balaban J connectivity index is 1.74. The summed E-state index contributed by atoms with van der Waals surface area (Å²) in [5.41, 5.74) is 0.632. The smallest absolute Gasteiger partial charge is 0.287 e. The van der Waals surface area contributed by atoms with E-state index in [4.69, 9.17) is 9.15 Å². The molecule has 4 heteroatoms. The molecule has 0 atom stereocenters. The van der Waals surface area contributed by atoms with Crippen molar-refractivity contribution in [3.05, 3.63) is 30.0 Å². The monoisotopic (exact) mass is 301 g/mol. The maximum atomic E-state index is 12.4. The molecule has 4 nitrogen and oxygen atoms in total. The van der Waals surface area contributed by atoms with Gasteiger partial charge >= 0.3 is 0 Å². The predicted molar refractivity (Wildman–Crippen MR) is 86.3 cm³/mol. The first-order chi connectivity index (χ1) is 10.8. The lowest BCUT2D eigenvalue weighted by Crippen LogP contribution is -2.35. The van der Waals surface area contributed by atoms with Crippen LogP contribution in [0.4, 0.5) is 0 Å². The molecule has 1 heterocycles. The summed E-state index contributed by atoms with van der Waals surface area (Å²) in [7, 11) is 1.60. The fourth-order valence-electron chi connectivity index (χ4n) is 3.17. The number of fused-ring (bicyclic) bond motifs is 1. The molecule has 3 rings (SSSR count). The van der Waals surface area contributed by atoms with Crippen LogP contribution in [0.25, 0.3) is 11.0 Å². The third-order valence-corrected chi connectivity index (χ3v) is 4.39. The van der Waals surface area contributed by atoms with E-state index >= 15 is 0 Å². The molecular weight excluding hydrogens is 278 g/mol. The van der Waals surface area contributed by atoms with Crippen LogP contribution < -0.4 is 10.1 Å². The van der Waals surface area contributed by atoms with Crippen LogP contribution in [0.5, 0.6) is 5.75 Å². The van der Waals surface area contributed by atoms with Gasteiger partial charge in [-0.15, -0.1) is 0 Å². The van der Waals surface area contributed by atoms with Crippen LogP contribution in [0, 0.1) is 0 Å². The Bertz CT molecular complexity index is 639. The van der Waals surface area contributed by atoms with E-state index < -0.39 is 0 Å². The van der Waals surface area contributed by atoms with Crippen molar-refractivity contribution in [2.45, 2.75) is 51.0 Å². The third-order valence-electron chi connectivity index (χ3n) is 4.39. The van der Waals surface area contributed by atoms with Crippen molar-refractivity contribution in [2.24, 2.45) is 0 Å².